The van der Waals surface area contributed by atoms with Gasteiger partial charge in [0.1, 0.15) is 0 Å². The van der Waals surface area contributed by atoms with Crippen molar-refractivity contribution in [3.05, 3.63) is 42.2 Å². The van der Waals surface area contributed by atoms with Gasteiger partial charge in [0, 0.05) is 18.7 Å². The molecule has 19 heavy (non-hydrogen) atoms. The van der Waals surface area contributed by atoms with E-state index >= 15 is 0 Å². The van der Waals surface area contributed by atoms with Crippen LogP contribution in [0.3, 0.4) is 0 Å². The van der Waals surface area contributed by atoms with Gasteiger partial charge in [0.25, 0.3) is 5.91 Å². The van der Waals surface area contributed by atoms with Crippen molar-refractivity contribution in [3.8, 4) is 5.75 Å². The molecule has 0 heterocycles. The van der Waals surface area contributed by atoms with Crippen LogP contribution >= 0.6 is 0 Å². The van der Waals surface area contributed by atoms with Crippen molar-refractivity contribution in [2.75, 3.05) is 13.6 Å². The molecule has 0 fully saturated rings. The number of hydrogen-bond acceptors (Lipinski definition) is 3. The molecule has 1 amide bonds. The lowest BCUT2D eigenvalue weighted by molar-refractivity contribution is -0.127. The summed E-state index contributed by atoms with van der Waals surface area (Å²) in [4.78, 5) is 11.7. The highest BCUT2D eigenvalue weighted by atomic mass is 19.1. The van der Waals surface area contributed by atoms with Gasteiger partial charge in [-0.3, -0.25) is 4.79 Å². The van der Waals surface area contributed by atoms with Gasteiger partial charge in [-0.2, -0.15) is 0 Å². The fourth-order valence-corrected chi connectivity index (χ4v) is 1.56. The first kappa shape index (κ1) is 15.2. The van der Waals surface area contributed by atoms with Crippen LogP contribution in [0.5, 0.6) is 5.75 Å². The molecule has 1 rings (SSSR count). The molecule has 1 atom stereocenters. The SMILES string of the molecule is C=CCNC(=O)C(C)Oc1c(F)cccc1CNC. The first-order valence-electron chi connectivity index (χ1n) is 6.07. The van der Waals surface area contributed by atoms with Crippen LogP contribution in [0.1, 0.15) is 12.5 Å². The third kappa shape index (κ3) is 4.37. The number of carbonyl (C=O) groups is 1. The average molecular weight is 266 g/mol. The summed E-state index contributed by atoms with van der Waals surface area (Å²) in [5.74, 6) is -0.673. The van der Waals surface area contributed by atoms with Crippen LogP contribution in [0, 0.1) is 5.82 Å². The molecular formula is C14H19FN2O2. The monoisotopic (exact) mass is 266 g/mol. The number of benzene rings is 1. The Kier molecular flexibility index (Phi) is 6.02. The largest absolute Gasteiger partial charge is 0.477 e. The van der Waals surface area contributed by atoms with Crippen molar-refractivity contribution in [3.63, 3.8) is 0 Å². The van der Waals surface area contributed by atoms with Crippen molar-refractivity contribution >= 4 is 5.91 Å². The van der Waals surface area contributed by atoms with Crippen molar-refractivity contribution in [1.82, 2.24) is 10.6 Å². The molecule has 0 aromatic heterocycles. The molecule has 0 saturated carbocycles. The molecule has 0 aliphatic rings. The second-order valence-electron chi connectivity index (χ2n) is 4.05. The van der Waals surface area contributed by atoms with Crippen molar-refractivity contribution in [2.24, 2.45) is 0 Å². The van der Waals surface area contributed by atoms with E-state index in [0.717, 1.165) is 0 Å². The molecule has 0 radical (unpaired) electrons. The summed E-state index contributed by atoms with van der Waals surface area (Å²) < 4.78 is 19.2. The summed E-state index contributed by atoms with van der Waals surface area (Å²) in [6.07, 6.45) is 0.799. The minimum Gasteiger partial charge on any atom is -0.477 e. The van der Waals surface area contributed by atoms with E-state index in [9.17, 15) is 9.18 Å². The molecule has 0 spiro atoms. The number of halogens is 1. The Labute approximate surface area is 112 Å². The highest BCUT2D eigenvalue weighted by molar-refractivity contribution is 5.80. The summed E-state index contributed by atoms with van der Waals surface area (Å²) >= 11 is 0. The van der Waals surface area contributed by atoms with E-state index in [4.69, 9.17) is 4.74 Å². The molecule has 1 unspecified atom stereocenters. The summed E-state index contributed by atoms with van der Waals surface area (Å²) in [5.41, 5.74) is 0.672. The van der Waals surface area contributed by atoms with Crippen molar-refractivity contribution in [1.29, 1.82) is 0 Å². The highest BCUT2D eigenvalue weighted by Gasteiger charge is 2.18. The predicted molar refractivity (Wildman–Crippen MR) is 72.5 cm³/mol. The van der Waals surface area contributed by atoms with Gasteiger partial charge >= 0.3 is 0 Å². The Hall–Kier alpha value is -1.88. The lowest BCUT2D eigenvalue weighted by Gasteiger charge is -2.17. The molecule has 4 nitrogen and oxygen atoms in total. The third-order valence-corrected chi connectivity index (χ3v) is 2.50. The Morgan fingerprint density at radius 1 is 1.58 bits per heavy atom. The number of amides is 1. The molecule has 2 N–H and O–H groups in total. The van der Waals surface area contributed by atoms with Crippen LogP contribution < -0.4 is 15.4 Å². The van der Waals surface area contributed by atoms with Crippen LogP contribution in [0.4, 0.5) is 4.39 Å². The Morgan fingerprint density at radius 2 is 2.32 bits per heavy atom. The summed E-state index contributed by atoms with van der Waals surface area (Å²) in [5, 5.41) is 5.53. The van der Waals surface area contributed by atoms with Crippen LogP contribution in [-0.2, 0) is 11.3 Å². The molecule has 0 saturated heterocycles. The van der Waals surface area contributed by atoms with E-state index in [1.165, 1.54) is 6.07 Å². The minimum absolute atomic E-state index is 0.109. The van der Waals surface area contributed by atoms with Gasteiger partial charge in [-0.25, -0.2) is 4.39 Å². The lowest BCUT2D eigenvalue weighted by atomic mass is 10.2. The van der Waals surface area contributed by atoms with E-state index in [1.807, 2.05) is 0 Å². The standard InChI is InChI=1S/C14H19FN2O2/c1-4-8-17-14(18)10(2)19-13-11(9-16-3)6-5-7-12(13)15/h4-7,10,16H,1,8-9H2,2-3H3,(H,17,18). The Balaban J connectivity index is 2.80. The first-order valence-corrected chi connectivity index (χ1v) is 6.07. The average Bonchev–Trinajstić information content (AvgIpc) is 2.40. The van der Waals surface area contributed by atoms with Gasteiger partial charge in [-0.15, -0.1) is 6.58 Å². The summed E-state index contributed by atoms with van der Waals surface area (Å²) in [6.45, 7) is 5.90. The number of carbonyl (C=O) groups excluding carboxylic acids is 1. The van der Waals surface area contributed by atoms with Crippen LogP contribution in [-0.4, -0.2) is 25.6 Å². The zero-order valence-corrected chi connectivity index (χ0v) is 11.2. The molecule has 1 aromatic carbocycles. The highest BCUT2D eigenvalue weighted by Crippen LogP contribution is 2.23. The zero-order chi connectivity index (χ0) is 14.3. The number of ether oxygens (including phenoxy) is 1. The molecule has 5 heteroatoms. The maximum atomic E-state index is 13.7. The smallest absolute Gasteiger partial charge is 0.261 e. The number of nitrogens with one attached hydrogen (secondary N) is 2. The van der Waals surface area contributed by atoms with Gasteiger partial charge in [0.2, 0.25) is 0 Å². The normalized spacial score (nSPS) is 11.7. The first-order chi connectivity index (χ1) is 9.10. The van der Waals surface area contributed by atoms with Gasteiger partial charge in [0.05, 0.1) is 0 Å². The van der Waals surface area contributed by atoms with E-state index in [-0.39, 0.29) is 11.7 Å². The maximum Gasteiger partial charge on any atom is 0.261 e. The molecule has 104 valence electrons. The quantitative estimate of drug-likeness (QED) is 0.737. The maximum absolute atomic E-state index is 13.7. The molecule has 0 bridgehead atoms. The topological polar surface area (TPSA) is 50.4 Å². The van der Waals surface area contributed by atoms with Gasteiger partial charge in [0.15, 0.2) is 17.7 Å². The van der Waals surface area contributed by atoms with Crippen molar-refractivity contribution in [2.45, 2.75) is 19.6 Å². The second-order valence-corrected chi connectivity index (χ2v) is 4.05. The lowest BCUT2D eigenvalue weighted by Crippen LogP contribution is -2.36. The van der Waals surface area contributed by atoms with E-state index in [1.54, 1.807) is 32.2 Å². The van der Waals surface area contributed by atoms with Crippen LogP contribution in [0.25, 0.3) is 0 Å². The molecule has 1 aromatic rings. The molecule has 0 aliphatic heterocycles. The zero-order valence-electron chi connectivity index (χ0n) is 11.2. The molecular weight excluding hydrogens is 247 g/mol. The third-order valence-electron chi connectivity index (χ3n) is 2.50. The minimum atomic E-state index is -0.771. The number of para-hydroxylation sites is 1. The number of hydrogen-bond donors (Lipinski definition) is 2. The van der Waals surface area contributed by atoms with Crippen molar-refractivity contribution < 1.29 is 13.9 Å². The fraction of sp³-hybridized carbons (Fsp3) is 0.357. The van der Waals surface area contributed by atoms with E-state index in [0.29, 0.717) is 18.7 Å². The van der Waals surface area contributed by atoms with E-state index in [2.05, 4.69) is 17.2 Å². The Morgan fingerprint density at radius 3 is 2.95 bits per heavy atom. The summed E-state index contributed by atoms with van der Waals surface area (Å²) in [7, 11) is 1.76. The number of rotatable bonds is 7. The Bertz CT molecular complexity index is 449. The fourth-order valence-electron chi connectivity index (χ4n) is 1.56. The second kappa shape index (κ2) is 7.53. The summed E-state index contributed by atoms with van der Waals surface area (Å²) in [6, 6.07) is 4.67. The van der Waals surface area contributed by atoms with E-state index < -0.39 is 11.9 Å². The van der Waals surface area contributed by atoms with Gasteiger partial charge < -0.3 is 15.4 Å². The van der Waals surface area contributed by atoms with Crippen LogP contribution in [0.15, 0.2) is 30.9 Å². The van der Waals surface area contributed by atoms with Crippen LogP contribution in [0.2, 0.25) is 0 Å². The predicted octanol–water partition coefficient (Wildman–Crippen LogP) is 1.61. The molecule has 0 aliphatic carbocycles. The van der Waals surface area contributed by atoms with Gasteiger partial charge in [-0.05, 0) is 20.0 Å². The van der Waals surface area contributed by atoms with Gasteiger partial charge in [-0.1, -0.05) is 18.2 Å².